The minimum Gasteiger partial charge on any atom is -0.464 e. The van der Waals surface area contributed by atoms with Gasteiger partial charge in [0.15, 0.2) is 10.8 Å². The van der Waals surface area contributed by atoms with E-state index in [9.17, 15) is 4.79 Å². The van der Waals surface area contributed by atoms with Gasteiger partial charge in [0.25, 0.3) is 0 Å². The topological polar surface area (TPSA) is 54.5 Å². The molecular weight excluding hydrogens is 262 g/mol. The number of hydrazine groups is 1. The van der Waals surface area contributed by atoms with Gasteiger partial charge in [0, 0.05) is 17.0 Å². The van der Waals surface area contributed by atoms with Crippen LogP contribution in [-0.2, 0) is 4.74 Å². The normalized spacial score (nSPS) is 24.2. The molecule has 1 aromatic heterocycles. The third-order valence-corrected chi connectivity index (χ3v) is 4.47. The maximum atomic E-state index is 11.5. The number of nitrogens with zero attached hydrogens (tertiary/aromatic N) is 2. The first kappa shape index (κ1) is 14.3. The average molecular weight is 283 g/mol. The summed E-state index contributed by atoms with van der Waals surface area (Å²) in [5, 5.41) is 3.00. The number of aryl methyl sites for hydroxylation is 1. The van der Waals surface area contributed by atoms with E-state index in [1.807, 2.05) is 6.92 Å². The summed E-state index contributed by atoms with van der Waals surface area (Å²) in [5.74, 6) is -0.374. The lowest BCUT2D eigenvalue weighted by atomic mass is 10.00. The molecule has 0 spiro atoms. The van der Waals surface area contributed by atoms with E-state index in [2.05, 4.69) is 29.3 Å². The Morgan fingerprint density at radius 1 is 1.42 bits per heavy atom. The summed E-state index contributed by atoms with van der Waals surface area (Å²) in [6.07, 6.45) is 3.64. The monoisotopic (exact) mass is 283 g/mol. The van der Waals surface area contributed by atoms with Crippen molar-refractivity contribution in [2.24, 2.45) is 0 Å². The van der Waals surface area contributed by atoms with Gasteiger partial charge in [-0.05, 0) is 33.6 Å². The van der Waals surface area contributed by atoms with Crippen LogP contribution in [0.1, 0.15) is 48.5 Å². The summed E-state index contributed by atoms with van der Waals surface area (Å²) >= 11 is 1.49. The third kappa shape index (κ3) is 3.06. The van der Waals surface area contributed by atoms with E-state index in [0.717, 1.165) is 10.0 Å². The number of methoxy groups -OCH3 is 1. The standard InChI is InChI=1S/C13H21N3O2S/c1-8-6-5-7-9(2)16(8)15-13-14-11(10(3)19-13)12(17)18-4/h8-9H,5-7H2,1-4H3,(H,14,15). The highest BCUT2D eigenvalue weighted by atomic mass is 32.1. The zero-order chi connectivity index (χ0) is 14.0. The SMILES string of the molecule is COC(=O)c1nc(NN2C(C)CCCC2C)sc1C. The number of rotatable bonds is 3. The second-order valence-corrected chi connectivity index (χ2v) is 6.27. The molecule has 5 nitrogen and oxygen atoms in total. The van der Waals surface area contributed by atoms with Crippen molar-refractivity contribution in [3.63, 3.8) is 0 Å². The van der Waals surface area contributed by atoms with Crippen LogP contribution in [0.25, 0.3) is 0 Å². The average Bonchev–Trinajstić information content (AvgIpc) is 2.74. The van der Waals surface area contributed by atoms with Crippen molar-refractivity contribution in [3.8, 4) is 0 Å². The molecule has 19 heavy (non-hydrogen) atoms. The van der Waals surface area contributed by atoms with Crippen LogP contribution in [-0.4, -0.2) is 35.2 Å². The predicted octanol–water partition coefficient (Wildman–Crippen LogP) is 2.83. The van der Waals surface area contributed by atoms with Crippen LogP contribution >= 0.6 is 11.3 Å². The molecule has 2 rings (SSSR count). The molecule has 0 aromatic carbocycles. The van der Waals surface area contributed by atoms with Crippen molar-refractivity contribution in [3.05, 3.63) is 10.6 Å². The number of carbonyl (C=O) groups excluding carboxylic acids is 1. The first-order chi connectivity index (χ1) is 9.02. The number of thiazole rings is 1. The molecule has 2 atom stereocenters. The van der Waals surface area contributed by atoms with Gasteiger partial charge in [-0.15, -0.1) is 11.3 Å². The molecule has 1 saturated heterocycles. The van der Waals surface area contributed by atoms with Gasteiger partial charge in [-0.3, -0.25) is 5.43 Å². The lowest BCUT2D eigenvalue weighted by Gasteiger charge is -2.38. The van der Waals surface area contributed by atoms with Crippen molar-refractivity contribution in [1.29, 1.82) is 0 Å². The van der Waals surface area contributed by atoms with E-state index < -0.39 is 0 Å². The number of carbonyl (C=O) groups is 1. The molecule has 1 aromatic rings. The Bertz CT molecular complexity index is 451. The highest BCUT2D eigenvalue weighted by Crippen LogP contribution is 2.27. The fourth-order valence-electron chi connectivity index (χ4n) is 2.48. The summed E-state index contributed by atoms with van der Waals surface area (Å²) in [7, 11) is 1.38. The Hall–Kier alpha value is -1.14. The number of hydrogen-bond acceptors (Lipinski definition) is 6. The van der Waals surface area contributed by atoms with Crippen molar-refractivity contribution < 1.29 is 9.53 Å². The minimum atomic E-state index is -0.374. The molecule has 0 saturated carbocycles. The number of anilines is 1. The highest BCUT2D eigenvalue weighted by Gasteiger charge is 2.26. The lowest BCUT2D eigenvalue weighted by molar-refractivity contribution is 0.0594. The molecule has 2 heterocycles. The molecule has 1 aliphatic heterocycles. The second-order valence-electron chi connectivity index (χ2n) is 5.06. The second kappa shape index (κ2) is 5.88. The fraction of sp³-hybridized carbons (Fsp3) is 0.692. The van der Waals surface area contributed by atoms with Gasteiger partial charge in [0.05, 0.1) is 7.11 Å². The Balaban J connectivity index is 2.12. The van der Waals surface area contributed by atoms with Gasteiger partial charge in [-0.25, -0.2) is 14.8 Å². The van der Waals surface area contributed by atoms with E-state index in [1.165, 1.54) is 37.7 Å². The van der Waals surface area contributed by atoms with E-state index >= 15 is 0 Å². The molecule has 2 unspecified atom stereocenters. The molecule has 1 aliphatic rings. The molecule has 0 radical (unpaired) electrons. The van der Waals surface area contributed by atoms with Gasteiger partial charge >= 0.3 is 5.97 Å². The number of hydrogen-bond donors (Lipinski definition) is 1. The van der Waals surface area contributed by atoms with Gasteiger partial charge in [0.1, 0.15) is 0 Å². The number of piperidine rings is 1. The Morgan fingerprint density at radius 2 is 2.05 bits per heavy atom. The van der Waals surface area contributed by atoms with E-state index in [4.69, 9.17) is 4.74 Å². The quantitative estimate of drug-likeness (QED) is 0.864. The van der Waals surface area contributed by atoms with E-state index in [-0.39, 0.29) is 5.97 Å². The molecule has 0 aliphatic carbocycles. The van der Waals surface area contributed by atoms with Crippen molar-refractivity contribution in [2.75, 3.05) is 12.5 Å². The molecule has 0 bridgehead atoms. The van der Waals surface area contributed by atoms with E-state index in [0.29, 0.717) is 17.8 Å². The molecule has 0 amide bonds. The van der Waals surface area contributed by atoms with Gasteiger partial charge in [0.2, 0.25) is 0 Å². The Kier molecular flexibility index (Phi) is 4.42. The third-order valence-electron chi connectivity index (χ3n) is 3.59. The van der Waals surface area contributed by atoms with Gasteiger partial charge in [-0.2, -0.15) is 0 Å². The fourth-order valence-corrected chi connectivity index (χ4v) is 3.29. The smallest absolute Gasteiger partial charge is 0.357 e. The molecule has 6 heteroatoms. The predicted molar refractivity (Wildman–Crippen MR) is 76.4 cm³/mol. The summed E-state index contributed by atoms with van der Waals surface area (Å²) < 4.78 is 4.73. The highest BCUT2D eigenvalue weighted by molar-refractivity contribution is 7.15. The summed E-state index contributed by atoms with van der Waals surface area (Å²) in [5.41, 5.74) is 3.76. The molecule has 106 valence electrons. The van der Waals surface area contributed by atoms with Crippen LogP contribution in [0.5, 0.6) is 0 Å². The van der Waals surface area contributed by atoms with Crippen molar-refractivity contribution >= 4 is 22.4 Å². The van der Waals surface area contributed by atoms with Crippen LogP contribution in [0.3, 0.4) is 0 Å². The Morgan fingerprint density at radius 3 is 2.63 bits per heavy atom. The van der Waals surface area contributed by atoms with Gasteiger partial charge in [-0.1, -0.05) is 6.42 Å². The zero-order valence-electron chi connectivity index (χ0n) is 11.9. The zero-order valence-corrected chi connectivity index (χ0v) is 12.7. The molecule has 1 fully saturated rings. The summed E-state index contributed by atoms with van der Waals surface area (Å²) in [4.78, 5) is 16.8. The van der Waals surface area contributed by atoms with Crippen LogP contribution in [0.4, 0.5) is 5.13 Å². The first-order valence-electron chi connectivity index (χ1n) is 6.63. The van der Waals surface area contributed by atoms with Gasteiger partial charge < -0.3 is 4.74 Å². The van der Waals surface area contributed by atoms with E-state index in [1.54, 1.807) is 0 Å². The Labute approximate surface area is 117 Å². The first-order valence-corrected chi connectivity index (χ1v) is 7.45. The number of esters is 1. The number of ether oxygens (including phenoxy) is 1. The van der Waals surface area contributed by atoms with Crippen LogP contribution < -0.4 is 5.43 Å². The molecule has 1 N–H and O–H groups in total. The minimum absolute atomic E-state index is 0.374. The number of nitrogens with one attached hydrogen (secondary N) is 1. The maximum Gasteiger partial charge on any atom is 0.357 e. The lowest BCUT2D eigenvalue weighted by Crippen LogP contribution is -2.47. The summed E-state index contributed by atoms with van der Waals surface area (Å²) in [6, 6.07) is 0.962. The molecular formula is C13H21N3O2S. The van der Waals surface area contributed by atoms with Crippen LogP contribution in [0, 0.1) is 6.92 Å². The maximum absolute atomic E-state index is 11.5. The summed E-state index contributed by atoms with van der Waals surface area (Å²) in [6.45, 7) is 6.31. The van der Waals surface area contributed by atoms with Crippen molar-refractivity contribution in [1.82, 2.24) is 9.99 Å². The van der Waals surface area contributed by atoms with Crippen LogP contribution in [0.2, 0.25) is 0 Å². The van der Waals surface area contributed by atoms with Crippen molar-refractivity contribution in [2.45, 2.75) is 52.1 Å². The van der Waals surface area contributed by atoms with Crippen LogP contribution in [0.15, 0.2) is 0 Å². The number of aromatic nitrogens is 1. The largest absolute Gasteiger partial charge is 0.464 e.